The van der Waals surface area contributed by atoms with Crippen molar-refractivity contribution in [2.75, 3.05) is 37.6 Å². The number of aromatic nitrogens is 1. The highest BCUT2D eigenvalue weighted by Gasteiger charge is 2.35. The highest BCUT2D eigenvalue weighted by atomic mass is 16.5. The third-order valence-electron chi connectivity index (χ3n) is 5.41. The van der Waals surface area contributed by atoms with Crippen molar-refractivity contribution in [3.63, 3.8) is 0 Å². The molecule has 4 rings (SSSR count). The molecule has 0 radical (unpaired) electrons. The van der Waals surface area contributed by atoms with Gasteiger partial charge >= 0.3 is 0 Å². The lowest BCUT2D eigenvalue weighted by molar-refractivity contribution is -0.133. The highest BCUT2D eigenvalue weighted by Crippen LogP contribution is 2.24. The minimum absolute atomic E-state index is 0.0597. The topological polar surface area (TPSA) is 69.9 Å². The number of piperazine rings is 1. The predicted octanol–water partition coefficient (Wildman–Crippen LogP) is 1.56. The number of anilines is 1. The molecule has 1 atom stereocenters. The average molecular weight is 368 g/mol. The van der Waals surface area contributed by atoms with Crippen molar-refractivity contribution in [3.05, 3.63) is 48.4 Å². The first-order valence-electron chi connectivity index (χ1n) is 9.50. The Kier molecular flexibility index (Phi) is 5.20. The van der Waals surface area contributed by atoms with Gasteiger partial charge in [0.15, 0.2) is 0 Å². The van der Waals surface area contributed by atoms with E-state index < -0.39 is 0 Å². The van der Waals surface area contributed by atoms with Crippen LogP contribution in [0.4, 0.5) is 5.69 Å². The monoisotopic (exact) mass is 368 g/mol. The van der Waals surface area contributed by atoms with Crippen molar-refractivity contribution >= 4 is 17.5 Å². The van der Waals surface area contributed by atoms with E-state index in [4.69, 9.17) is 4.52 Å². The van der Waals surface area contributed by atoms with Crippen molar-refractivity contribution in [2.24, 2.45) is 0 Å². The lowest BCUT2D eigenvalue weighted by atomic mass is 10.0. The second kappa shape index (κ2) is 7.92. The van der Waals surface area contributed by atoms with Crippen LogP contribution in [0.5, 0.6) is 0 Å². The van der Waals surface area contributed by atoms with E-state index in [9.17, 15) is 9.59 Å². The highest BCUT2D eigenvalue weighted by molar-refractivity contribution is 5.97. The molecule has 0 spiro atoms. The smallest absolute Gasteiger partial charge is 0.244 e. The number of hydrogen-bond acceptors (Lipinski definition) is 5. The van der Waals surface area contributed by atoms with E-state index in [0.29, 0.717) is 18.8 Å². The number of benzene rings is 1. The van der Waals surface area contributed by atoms with E-state index in [0.717, 1.165) is 38.2 Å². The van der Waals surface area contributed by atoms with Crippen LogP contribution >= 0.6 is 0 Å². The molecule has 1 unspecified atom stereocenters. The predicted molar refractivity (Wildman–Crippen MR) is 100 cm³/mol. The Morgan fingerprint density at radius 2 is 1.85 bits per heavy atom. The Bertz CT molecular complexity index is 770. The Morgan fingerprint density at radius 3 is 2.56 bits per heavy atom. The van der Waals surface area contributed by atoms with Crippen molar-refractivity contribution in [3.8, 4) is 0 Å². The van der Waals surface area contributed by atoms with Gasteiger partial charge < -0.3 is 14.3 Å². The van der Waals surface area contributed by atoms with Crippen LogP contribution in [-0.2, 0) is 16.0 Å². The van der Waals surface area contributed by atoms with Crippen LogP contribution in [0.3, 0.4) is 0 Å². The van der Waals surface area contributed by atoms with Gasteiger partial charge in [0.1, 0.15) is 6.26 Å². The molecule has 2 aliphatic rings. The third kappa shape index (κ3) is 3.88. The van der Waals surface area contributed by atoms with E-state index in [1.165, 1.54) is 6.26 Å². The molecule has 142 valence electrons. The number of nitrogens with zero attached hydrogens (tertiary/aromatic N) is 4. The van der Waals surface area contributed by atoms with Gasteiger partial charge in [-0.25, -0.2) is 0 Å². The zero-order valence-electron chi connectivity index (χ0n) is 15.3. The Hall–Kier alpha value is -2.67. The minimum atomic E-state index is -0.0910. The molecule has 0 N–H and O–H groups in total. The maximum atomic E-state index is 13.0. The van der Waals surface area contributed by atoms with Gasteiger partial charge in [-0.05, 0) is 25.0 Å². The molecular weight excluding hydrogens is 344 g/mol. The number of carbonyl (C=O) groups is 2. The Labute approximate surface area is 158 Å². The number of amides is 2. The number of para-hydroxylation sites is 1. The van der Waals surface area contributed by atoms with Gasteiger partial charge in [0.05, 0.1) is 18.2 Å². The van der Waals surface area contributed by atoms with Crippen LogP contribution in [-0.4, -0.2) is 65.5 Å². The molecule has 3 heterocycles. The van der Waals surface area contributed by atoms with Crippen LogP contribution < -0.4 is 4.90 Å². The average Bonchev–Trinajstić information content (AvgIpc) is 3.22. The number of rotatable bonds is 4. The summed E-state index contributed by atoms with van der Waals surface area (Å²) in [6.07, 6.45) is 3.63. The van der Waals surface area contributed by atoms with E-state index in [1.807, 2.05) is 40.1 Å². The standard InChI is InChI=1S/C20H24N4O3/c25-19(15-16-8-14-27-21-16)23-12-10-22(11-13-23)18-7-4-9-24(20(18)26)17-5-2-1-3-6-17/h1-3,5-6,8,14,18H,4,7,9-13,15H2. The fourth-order valence-corrected chi connectivity index (χ4v) is 3.94. The fraction of sp³-hybridized carbons (Fsp3) is 0.450. The Balaban J connectivity index is 1.35. The number of piperidine rings is 1. The summed E-state index contributed by atoms with van der Waals surface area (Å²) in [5.41, 5.74) is 1.62. The quantitative estimate of drug-likeness (QED) is 0.819. The molecule has 0 aliphatic carbocycles. The summed E-state index contributed by atoms with van der Waals surface area (Å²) < 4.78 is 4.79. The first-order valence-corrected chi connectivity index (χ1v) is 9.50. The van der Waals surface area contributed by atoms with E-state index in [-0.39, 0.29) is 24.3 Å². The fourth-order valence-electron chi connectivity index (χ4n) is 3.94. The molecule has 2 saturated heterocycles. The maximum absolute atomic E-state index is 13.0. The molecule has 2 amide bonds. The molecule has 0 saturated carbocycles. The van der Waals surface area contributed by atoms with Crippen molar-refractivity contribution in [1.29, 1.82) is 0 Å². The van der Waals surface area contributed by atoms with Crippen LogP contribution in [0, 0.1) is 0 Å². The van der Waals surface area contributed by atoms with Crippen molar-refractivity contribution in [2.45, 2.75) is 25.3 Å². The van der Waals surface area contributed by atoms with Gasteiger partial charge in [-0.3, -0.25) is 14.5 Å². The lowest BCUT2D eigenvalue weighted by Gasteiger charge is -2.42. The van der Waals surface area contributed by atoms with E-state index >= 15 is 0 Å². The second-order valence-electron chi connectivity index (χ2n) is 7.07. The van der Waals surface area contributed by atoms with E-state index in [2.05, 4.69) is 10.1 Å². The molecule has 2 aromatic rings. The summed E-state index contributed by atoms with van der Waals surface area (Å²) in [5, 5.41) is 3.80. The number of carbonyl (C=O) groups excluding carboxylic acids is 2. The molecule has 0 bridgehead atoms. The molecule has 1 aromatic carbocycles. The van der Waals surface area contributed by atoms with Crippen LogP contribution in [0.1, 0.15) is 18.5 Å². The second-order valence-corrected chi connectivity index (χ2v) is 7.07. The first-order chi connectivity index (χ1) is 13.2. The molecule has 7 nitrogen and oxygen atoms in total. The SMILES string of the molecule is O=C(Cc1ccon1)N1CCN(C2CCCN(c3ccccc3)C2=O)CC1. The summed E-state index contributed by atoms with van der Waals surface area (Å²) in [6, 6.07) is 11.5. The largest absolute Gasteiger partial charge is 0.364 e. The van der Waals surface area contributed by atoms with E-state index in [1.54, 1.807) is 6.07 Å². The van der Waals surface area contributed by atoms with Gasteiger partial charge in [0, 0.05) is 44.5 Å². The zero-order chi connectivity index (χ0) is 18.6. The lowest BCUT2D eigenvalue weighted by Crippen LogP contribution is -2.58. The van der Waals surface area contributed by atoms with Gasteiger partial charge in [-0.15, -0.1) is 0 Å². The normalized spacial score (nSPS) is 21.5. The van der Waals surface area contributed by atoms with Gasteiger partial charge in [0.2, 0.25) is 11.8 Å². The third-order valence-corrected chi connectivity index (χ3v) is 5.41. The summed E-state index contributed by atoms with van der Waals surface area (Å²) in [6.45, 7) is 3.51. The number of hydrogen-bond donors (Lipinski definition) is 0. The molecule has 2 aliphatic heterocycles. The van der Waals surface area contributed by atoms with Gasteiger partial charge in [-0.2, -0.15) is 0 Å². The van der Waals surface area contributed by atoms with Gasteiger partial charge in [0.25, 0.3) is 0 Å². The van der Waals surface area contributed by atoms with Gasteiger partial charge in [-0.1, -0.05) is 23.4 Å². The summed E-state index contributed by atoms with van der Waals surface area (Å²) in [5.74, 6) is 0.235. The van der Waals surface area contributed by atoms with Crippen molar-refractivity contribution in [1.82, 2.24) is 15.0 Å². The minimum Gasteiger partial charge on any atom is -0.364 e. The van der Waals surface area contributed by atoms with Crippen LogP contribution in [0.15, 0.2) is 47.2 Å². The molecular formula is C20H24N4O3. The first kappa shape index (κ1) is 17.7. The molecule has 2 fully saturated rings. The molecule has 27 heavy (non-hydrogen) atoms. The van der Waals surface area contributed by atoms with Crippen molar-refractivity contribution < 1.29 is 14.1 Å². The van der Waals surface area contributed by atoms with Crippen LogP contribution in [0.2, 0.25) is 0 Å². The molecule has 7 heteroatoms. The molecule has 1 aromatic heterocycles. The summed E-state index contributed by atoms with van der Waals surface area (Å²) in [7, 11) is 0. The maximum Gasteiger partial charge on any atom is 0.244 e. The Morgan fingerprint density at radius 1 is 1.07 bits per heavy atom. The zero-order valence-corrected chi connectivity index (χ0v) is 15.3. The summed E-state index contributed by atoms with van der Waals surface area (Å²) >= 11 is 0. The summed E-state index contributed by atoms with van der Waals surface area (Å²) in [4.78, 5) is 31.4. The van der Waals surface area contributed by atoms with Crippen LogP contribution in [0.25, 0.3) is 0 Å².